The van der Waals surface area contributed by atoms with Crippen molar-refractivity contribution in [2.24, 2.45) is 0 Å². The summed E-state index contributed by atoms with van der Waals surface area (Å²) < 4.78 is 5.75. The molecule has 0 fully saturated rings. The molecule has 0 radical (unpaired) electrons. The number of hydrogen-bond acceptors (Lipinski definition) is 4. The van der Waals surface area contributed by atoms with Crippen LogP contribution in [-0.4, -0.2) is 16.1 Å². The summed E-state index contributed by atoms with van der Waals surface area (Å²) in [6.45, 7) is 3.75. The van der Waals surface area contributed by atoms with E-state index in [-0.39, 0.29) is 11.7 Å². The Morgan fingerprint density at radius 2 is 1.71 bits per heavy atom. The highest BCUT2D eigenvalue weighted by molar-refractivity contribution is 6.07. The Bertz CT molecular complexity index is 721. The molecule has 0 spiro atoms. The van der Waals surface area contributed by atoms with Crippen LogP contribution in [0.25, 0.3) is 5.76 Å². The van der Waals surface area contributed by atoms with E-state index in [0.717, 1.165) is 16.2 Å². The summed E-state index contributed by atoms with van der Waals surface area (Å²) in [5, 5.41) is 11.1. The maximum Gasteiger partial charge on any atom is 0.235 e. The first kappa shape index (κ1) is 13.4. The number of ketones is 1. The van der Waals surface area contributed by atoms with Gasteiger partial charge in [-0.2, -0.15) is 5.06 Å². The lowest BCUT2D eigenvalue weighted by Crippen LogP contribution is -2.16. The average Bonchev–Trinajstić information content (AvgIpc) is 2.77. The van der Waals surface area contributed by atoms with Crippen molar-refractivity contribution < 1.29 is 14.7 Å². The van der Waals surface area contributed by atoms with E-state index in [0.29, 0.717) is 17.0 Å². The number of aryl methyl sites for hydroxylation is 1. The molecule has 0 saturated heterocycles. The molecule has 1 heterocycles. The van der Waals surface area contributed by atoms with Crippen LogP contribution >= 0.6 is 0 Å². The number of carbonyl (C=O) groups excluding carboxylic acids is 1. The van der Waals surface area contributed by atoms with Gasteiger partial charge in [-0.15, -0.1) is 0 Å². The van der Waals surface area contributed by atoms with Gasteiger partial charge in [-0.25, -0.2) is 0 Å². The number of nitrogens with zero attached hydrogens (tertiary/aromatic N) is 1. The zero-order chi connectivity index (χ0) is 15.0. The minimum absolute atomic E-state index is 0.147. The van der Waals surface area contributed by atoms with Gasteiger partial charge in [0.25, 0.3) is 0 Å². The molecule has 2 aliphatic rings. The third-order valence-corrected chi connectivity index (χ3v) is 3.47. The third-order valence-electron chi connectivity index (χ3n) is 3.47. The van der Waals surface area contributed by atoms with E-state index in [4.69, 9.17) is 4.74 Å². The number of hydroxylamine groups is 2. The monoisotopic (exact) mass is 281 g/mol. The van der Waals surface area contributed by atoms with Gasteiger partial charge >= 0.3 is 0 Å². The lowest BCUT2D eigenvalue weighted by molar-refractivity contribution is -0.112. The number of rotatable bonds is 1. The molecular weight excluding hydrogens is 266 g/mol. The van der Waals surface area contributed by atoms with Crippen molar-refractivity contribution in [2.45, 2.75) is 13.8 Å². The van der Waals surface area contributed by atoms with E-state index in [1.807, 2.05) is 31.2 Å². The molecular formula is C17H15NO3. The van der Waals surface area contributed by atoms with Crippen LogP contribution in [0.4, 0.5) is 0 Å². The molecule has 1 N–H and O–H groups in total. The summed E-state index contributed by atoms with van der Waals surface area (Å²) in [6.07, 6.45) is 6.47. The molecule has 106 valence electrons. The predicted molar refractivity (Wildman–Crippen MR) is 78.8 cm³/mol. The van der Waals surface area contributed by atoms with Gasteiger partial charge in [0, 0.05) is 5.56 Å². The van der Waals surface area contributed by atoms with E-state index in [1.165, 1.54) is 6.08 Å². The second-order valence-electron chi connectivity index (χ2n) is 5.00. The Morgan fingerprint density at radius 1 is 1.05 bits per heavy atom. The summed E-state index contributed by atoms with van der Waals surface area (Å²) in [7, 11) is 0. The van der Waals surface area contributed by atoms with Gasteiger partial charge in [0.05, 0.1) is 11.3 Å². The van der Waals surface area contributed by atoms with Gasteiger partial charge in [0.2, 0.25) is 5.88 Å². The predicted octanol–water partition coefficient (Wildman–Crippen LogP) is 3.31. The maximum atomic E-state index is 11.9. The van der Waals surface area contributed by atoms with Gasteiger partial charge in [0.1, 0.15) is 0 Å². The van der Waals surface area contributed by atoms with Crippen molar-refractivity contribution in [3.8, 4) is 0 Å². The minimum Gasteiger partial charge on any atom is -0.435 e. The topological polar surface area (TPSA) is 49.8 Å². The largest absolute Gasteiger partial charge is 0.435 e. The van der Waals surface area contributed by atoms with Crippen LogP contribution in [0.2, 0.25) is 0 Å². The van der Waals surface area contributed by atoms with E-state index in [1.54, 1.807) is 25.2 Å². The average molecular weight is 281 g/mol. The maximum absolute atomic E-state index is 11.9. The molecule has 1 aromatic carbocycles. The summed E-state index contributed by atoms with van der Waals surface area (Å²) in [5.74, 6) is 0.508. The normalized spacial score (nSPS) is 21.3. The zero-order valence-corrected chi connectivity index (χ0v) is 11.8. The fourth-order valence-electron chi connectivity index (χ4n) is 2.25. The van der Waals surface area contributed by atoms with Gasteiger partial charge < -0.3 is 4.74 Å². The Hall–Kier alpha value is -2.59. The van der Waals surface area contributed by atoms with Crippen molar-refractivity contribution in [1.29, 1.82) is 0 Å². The molecule has 1 aliphatic heterocycles. The van der Waals surface area contributed by atoms with Crippen LogP contribution in [0.3, 0.4) is 0 Å². The second kappa shape index (κ2) is 5.07. The van der Waals surface area contributed by atoms with Crippen molar-refractivity contribution in [2.75, 3.05) is 0 Å². The molecule has 0 saturated carbocycles. The third kappa shape index (κ3) is 2.30. The van der Waals surface area contributed by atoms with Gasteiger partial charge in [-0.1, -0.05) is 42.0 Å². The first-order valence-electron chi connectivity index (χ1n) is 6.66. The molecule has 1 aliphatic carbocycles. The molecule has 0 amide bonds. The molecule has 0 bridgehead atoms. The molecule has 4 nitrogen and oxygen atoms in total. The fourth-order valence-corrected chi connectivity index (χ4v) is 2.25. The van der Waals surface area contributed by atoms with Crippen molar-refractivity contribution in [1.82, 2.24) is 5.06 Å². The number of ether oxygens (including phenoxy) is 1. The van der Waals surface area contributed by atoms with Crippen molar-refractivity contribution in [3.05, 3.63) is 76.8 Å². The van der Waals surface area contributed by atoms with Crippen molar-refractivity contribution >= 4 is 11.5 Å². The lowest BCUT2D eigenvalue weighted by Gasteiger charge is -2.13. The van der Waals surface area contributed by atoms with Gasteiger partial charge in [-0.05, 0) is 26.0 Å². The Morgan fingerprint density at radius 3 is 2.38 bits per heavy atom. The van der Waals surface area contributed by atoms with E-state index in [9.17, 15) is 10.0 Å². The first-order chi connectivity index (χ1) is 10.1. The number of carbonyl (C=O) groups is 1. The van der Waals surface area contributed by atoms with Gasteiger partial charge in [0.15, 0.2) is 11.5 Å². The second-order valence-corrected chi connectivity index (χ2v) is 5.00. The standard InChI is InChI=1S/C17H15NO3/c1-11-7-9-13(10-8-11)16-12(2)18(20)17(21-16)14-5-3-4-6-15(14)19/h3-10,20H,1-2H3. The quantitative estimate of drug-likeness (QED) is 0.802. The van der Waals surface area contributed by atoms with E-state index < -0.39 is 0 Å². The number of allylic oxidation sites excluding steroid dienone is 6. The summed E-state index contributed by atoms with van der Waals surface area (Å²) in [5.41, 5.74) is 2.89. The highest BCUT2D eigenvalue weighted by Crippen LogP contribution is 2.36. The first-order valence-corrected chi connectivity index (χ1v) is 6.66. The van der Waals surface area contributed by atoms with Crippen LogP contribution in [0.5, 0.6) is 0 Å². The molecule has 21 heavy (non-hydrogen) atoms. The van der Waals surface area contributed by atoms with Crippen LogP contribution < -0.4 is 0 Å². The SMILES string of the molecule is CC1=C(c2ccc(C)cc2)OC(=C2C=CC=CC2=O)N1O. The molecule has 0 atom stereocenters. The molecule has 1 aromatic rings. The number of benzene rings is 1. The van der Waals surface area contributed by atoms with Crippen molar-refractivity contribution in [3.63, 3.8) is 0 Å². The van der Waals surface area contributed by atoms with Gasteiger partial charge in [-0.3, -0.25) is 10.0 Å². The van der Waals surface area contributed by atoms with Crippen LogP contribution in [-0.2, 0) is 9.53 Å². The highest BCUT2D eigenvalue weighted by atomic mass is 16.6. The minimum atomic E-state index is -0.190. The smallest absolute Gasteiger partial charge is 0.235 e. The number of hydrogen-bond donors (Lipinski definition) is 1. The van der Waals surface area contributed by atoms with E-state index >= 15 is 0 Å². The van der Waals surface area contributed by atoms with Crippen LogP contribution in [0.15, 0.2) is 65.7 Å². The van der Waals surface area contributed by atoms with E-state index in [2.05, 4.69) is 0 Å². The molecule has 0 aromatic heterocycles. The Labute approximate surface area is 122 Å². The zero-order valence-electron chi connectivity index (χ0n) is 11.8. The Balaban J connectivity index is 2.01. The molecule has 0 unspecified atom stereocenters. The summed E-state index contributed by atoms with van der Waals surface area (Å²) in [6, 6.07) is 7.79. The summed E-state index contributed by atoms with van der Waals surface area (Å²) in [4.78, 5) is 11.9. The fraction of sp³-hybridized carbons (Fsp3) is 0.118. The highest BCUT2D eigenvalue weighted by Gasteiger charge is 2.30. The van der Waals surface area contributed by atoms with Crippen LogP contribution in [0.1, 0.15) is 18.1 Å². The van der Waals surface area contributed by atoms with Crippen LogP contribution in [0, 0.1) is 6.92 Å². The summed E-state index contributed by atoms with van der Waals surface area (Å²) >= 11 is 0. The molecule has 4 heteroatoms. The Kier molecular flexibility index (Phi) is 3.23. The lowest BCUT2D eigenvalue weighted by atomic mass is 10.1. The molecule has 3 rings (SSSR count).